The number of esters is 1. The Bertz CT molecular complexity index is 1110. The number of nitrogens with one attached hydrogen (secondary N) is 1. The number of carbonyl (C=O) groups is 3. The van der Waals surface area contributed by atoms with Crippen molar-refractivity contribution in [3.8, 4) is 11.5 Å². The summed E-state index contributed by atoms with van der Waals surface area (Å²) in [6, 6.07) is 4.58. The van der Waals surface area contributed by atoms with Gasteiger partial charge in [-0.3, -0.25) is 14.4 Å². The summed E-state index contributed by atoms with van der Waals surface area (Å²) in [6.07, 6.45) is 1.96. The first-order valence-corrected chi connectivity index (χ1v) is 17.0. The van der Waals surface area contributed by atoms with Gasteiger partial charge in [-0.25, -0.2) is 0 Å². The lowest BCUT2D eigenvalue weighted by Crippen LogP contribution is -2.48. The average Bonchev–Trinajstić information content (AvgIpc) is 2.99. The van der Waals surface area contributed by atoms with Crippen molar-refractivity contribution in [2.24, 2.45) is 52.2 Å². The minimum Gasteiger partial charge on any atom is -0.493 e. The summed E-state index contributed by atoms with van der Waals surface area (Å²) in [5.74, 6) is 0.0308. The highest BCUT2D eigenvalue weighted by Crippen LogP contribution is 2.32. The normalized spacial score (nSPS) is 15.2. The summed E-state index contributed by atoms with van der Waals surface area (Å²) in [5, 5.41) is 2.89. The summed E-state index contributed by atoms with van der Waals surface area (Å²) in [7, 11) is 3.28. The molecule has 11 heteroatoms. The Morgan fingerprint density at radius 3 is 2.09 bits per heavy atom. The number of ether oxygens (including phenoxy) is 4. The monoisotopic (exact) mass is 664 g/mol. The van der Waals surface area contributed by atoms with E-state index in [2.05, 4.69) is 19.2 Å². The van der Waals surface area contributed by atoms with Gasteiger partial charge in [-0.2, -0.15) is 0 Å². The fraction of sp³-hybridized carbons (Fsp3) is 0.750. The van der Waals surface area contributed by atoms with Crippen LogP contribution in [0.15, 0.2) is 18.2 Å². The SMILES string of the molecule is COCCCOc1cc(C[C@@H](CC(N)[C@H](C[C@H](C(=O)NCC(C)(C)C(N)=O)C(C)C)OC(=O)[C@@H](N)CC(C)C)C(C)C)ccc1OC. The molecule has 0 radical (unpaired) electrons. The van der Waals surface area contributed by atoms with E-state index in [9.17, 15) is 14.4 Å². The van der Waals surface area contributed by atoms with Gasteiger partial charge < -0.3 is 41.5 Å². The largest absolute Gasteiger partial charge is 0.493 e. The molecule has 5 atom stereocenters. The zero-order valence-electron chi connectivity index (χ0n) is 30.6. The third-order valence-electron chi connectivity index (χ3n) is 8.77. The van der Waals surface area contributed by atoms with Gasteiger partial charge >= 0.3 is 5.97 Å². The first-order valence-electron chi connectivity index (χ1n) is 17.0. The number of benzene rings is 1. The minimum atomic E-state index is -0.913. The van der Waals surface area contributed by atoms with Crippen molar-refractivity contribution in [2.75, 3.05) is 34.0 Å². The first-order chi connectivity index (χ1) is 21.9. The molecule has 1 rings (SSSR count). The Balaban J connectivity index is 3.27. The molecule has 7 N–H and O–H groups in total. The molecule has 1 unspecified atom stereocenters. The van der Waals surface area contributed by atoms with Crippen LogP contribution in [0.5, 0.6) is 11.5 Å². The summed E-state index contributed by atoms with van der Waals surface area (Å²) in [6.45, 7) is 16.7. The molecule has 47 heavy (non-hydrogen) atoms. The van der Waals surface area contributed by atoms with E-state index in [1.54, 1.807) is 28.1 Å². The molecule has 11 nitrogen and oxygen atoms in total. The van der Waals surface area contributed by atoms with Crippen LogP contribution in [0.25, 0.3) is 0 Å². The minimum absolute atomic E-state index is 0.0908. The second-order valence-corrected chi connectivity index (χ2v) is 14.6. The lowest BCUT2D eigenvalue weighted by Gasteiger charge is -2.33. The van der Waals surface area contributed by atoms with Crippen LogP contribution in [-0.2, 0) is 30.3 Å². The number of hydrogen-bond donors (Lipinski definition) is 4. The third-order valence-corrected chi connectivity index (χ3v) is 8.77. The summed E-state index contributed by atoms with van der Waals surface area (Å²) >= 11 is 0. The van der Waals surface area contributed by atoms with Crippen molar-refractivity contribution in [3.05, 3.63) is 23.8 Å². The molecule has 0 heterocycles. The predicted molar refractivity (Wildman–Crippen MR) is 186 cm³/mol. The molecule has 2 amide bonds. The van der Waals surface area contributed by atoms with E-state index < -0.39 is 41.4 Å². The van der Waals surface area contributed by atoms with Gasteiger partial charge in [0.05, 0.1) is 19.1 Å². The highest BCUT2D eigenvalue weighted by Gasteiger charge is 2.35. The van der Waals surface area contributed by atoms with Crippen molar-refractivity contribution >= 4 is 17.8 Å². The Labute approximate surface area is 283 Å². The average molecular weight is 665 g/mol. The fourth-order valence-electron chi connectivity index (χ4n) is 5.35. The first kappa shape index (κ1) is 42.1. The van der Waals surface area contributed by atoms with Crippen molar-refractivity contribution < 1.29 is 33.3 Å². The van der Waals surface area contributed by atoms with Crippen molar-refractivity contribution in [2.45, 2.75) is 106 Å². The van der Waals surface area contributed by atoms with Crippen LogP contribution >= 0.6 is 0 Å². The smallest absolute Gasteiger partial charge is 0.323 e. The number of hydrogen-bond acceptors (Lipinski definition) is 9. The van der Waals surface area contributed by atoms with Crippen molar-refractivity contribution in [3.63, 3.8) is 0 Å². The van der Waals surface area contributed by atoms with Gasteiger partial charge in [0, 0.05) is 38.6 Å². The van der Waals surface area contributed by atoms with Crippen LogP contribution in [0.4, 0.5) is 0 Å². The van der Waals surface area contributed by atoms with Crippen LogP contribution in [0.3, 0.4) is 0 Å². The second kappa shape index (κ2) is 20.5. The Kier molecular flexibility index (Phi) is 18.4. The zero-order valence-corrected chi connectivity index (χ0v) is 30.6. The summed E-state index contributed by atoms with van der Waals surface area (Å²) < 4.78 is 22.7. The van der Waals surface area contributed by atoms with E-state index in [4.69, 9.17) is 36.1 Å². The van der Waals surface area contributed by atoms with Gasteiger partial charge in [0.2, 0.25) is 11.8 Å². The van der Waals surface area contributed by atoms with Gasteiger partial charge in [0.15, 0.2) is 11.5 Å². The van der Waals surface area contributed by atoms with E-state index in [-0.39, 0.29) is 42.5 Å². The Hall–Kier alpha value is -2.89. The maximum atomic E-state index is 13.4. The highest BCUT2D eigenvalue weighted by molar-refractivity contribution is 5.83. The maximum absolute atomic E-state index is 13.4. The molecule has 1 aromatic carbocycles. The fourth-order valence-corrected chi connectivity index (χ4v) is 5.35. The highest BCUT2D eigenvalue weighted by atomic mass is 16.5. The van der Waals surface area contributed by atoms with Crippen molar-refractivity contribution in [1.82, 2.24) is 5.32 Å². The van der Waals surface area contributed by atoms with E-state index in [0.29, 0.717) is 44.0 Å². The molecule has 270 valence electrons. The number of rotatable bonds is 23. The second-order valence-electron chi connectivity index (χ2n) is 14.6. The quantitative estimate of drug-likeness (QED) is 0.0985. The molecule has 0 spiro atoms. The van der Waals surface area contributed by atoms with Gasteiger partial charge in [0.25, 0.3) is 0 Å². The number of methoxy groups -OCH3 is 2. The number of primary amides is 1. The Morgan fingerprint density at radius 1 is 0.894 bits per heavy atom. The van der Waals surface area contributed by atoms with E-state index in [1.807, 2.05) is 45.9 Å². The van der Waals surface area contributed by atoms with Gasteiger partial charge in [-0.15, -0.1) is 0 Å². The van der Waals surface area contributed by atoms with Crippen LogP contribution < -0.4 is 32.0 Å². The van der Waals surface area contributed by atoms with E-state index >= 15 is 0 Å². The molecule has 0 aliphatic rings. The molecule has 0 aliphatic heterocycles. The maximum Gasteiger partial charge on any atom is 0.323 e. The van der Waals surface area contributed by atoms with Crippen molar-refractivity contribution in [1.29, 1.82) is 0 Å². The molecule has 0 bridgehead atoms. The topological polar surface area (TPSA) is 178 Å². The zero-order chi connectivity index (χ0) is 35.9. The lowest BCUT2D eigenvalue weighted by atomic mass is 9.80. The number of carbonyl (C=O) groups excluding carboxylic acids is 3. The van der Waals surface area contributed by atoms with Gasteiger partial charge in [0.1, 0.15) is 12.1 Å². The van der Waals surface area contributed by atoms with Crippen LogP contribution in [0, 0.1) is 35.0 Å². The van der Waals surface area contributed by atoms with Crippen LogP contribution in [0.1, 0.15) is 86.6 Å². The molecule has 0 saturated heterocycles. The molecule has 0 aliphatic carbocycles. The summed E-state index contributed by atoms with van der Waals surface area (Å²) in [5.41, 5.74) is 18.8. The standard InChI is InChI=1S/C36H64N4O7/c1-22(2)16-29(38)34(42)47-31(20-27(24(5)6)33(41)40-21-36(7,8)35(39)43)28(37)19-26(23(3)4)17-25-12-13-30(45-10)32(18-25)46-15-11-14-44-9/h12-13,18,22-24,26-29,31H,11,14-17,19-21,37-38H2,1-10H3,(H2,39,43)(H,40,41)/t26-,27-,28?,29-,31-/m0/s1. The van der Waals surface area contributed by atoms with Gasteiger partial charge in [-0.1, -0.05) is 47.6 Å². The van der Waals surface area contributed by atoms with E-state index in [1.165, 1.54) is 0 Å². The van der Waals surface area contributed by atoms with Crippen LogP contribution in [0.2, 0.25) is 0 Å². The molecular weight excluding hydrogens is 600 g/mol. The summed E-state index contributed by atoms with van der Waals surface area (Å²) in [4.78, 5) is 38.5. The molecular formula is C36H64N4O7. The predicted octanol–water partition coefficient (Wildman–Crippen LogP) is 4.22. The molecule has 0 saturated carbocycles. The number of amides is 2. The van der Waals surface area contributed by atoms with Crippen LogP contribution in [-0.4, -0.2) is 69.9 Å². The Morgan fingerprint density at radius 2 is 1.55 bits per heavy atom. The third kappa shape index (κ3) is 14.8. The molecule has 1 aromatic rings. The van der Waals surface area contributed by atoms with E-state index in [0.717, 1.165) is 12.0 Å². The number of nitrogens with two attached hydrogens (primary N) is 3. The molecule has 0 aromatic heterocycles. The molecule has 0 fully saturated rings. The van der Waals surface area contributed by atoms with Gasteiger partial charge in [-0.05, 0) is 80.9 Å². The lowest BCUT2D eigenvalue weighted by molar-refractivity contribution is -0.154.